The largest absolute Gasteiger partial charge is 2.00 e. The Hall–Kier alpha value is 1.02. The first-order chi connectivity index (χ1) is 10.8. The van der Waals surface area contributed by atoms with Crippen molar-refractivity contribution in [2.24, 2.45) is 0 Å². The summed E-state index contributed by atoms with van der Waals surface area (Å²) in [6.07, 6.45) is 0.296. The summed E-state index contributed by atoms with van der Waals surface area (Å²) in [7, 11) is 0. The van der Waals surface area contributed by atoms with Crippen molar-refractivity contribution in [3.63, 3.8) is 0 Å². The Labute approximate surface area is 184 Å². The Morgan fingerprint density at radius 2 is 0.720 bits per heavy atom. The fraction of sp³-hybridized carbons (Fsp3) is 1.00. The van der Waals surface area contributed by atoms with Crippen LogP contribution in [0.15, 0.2) is 0 Å². The predicted octanol–water partition coefficient (Wildman–Crippen LogP) is 3.43. The van der Waals surface area contributed by atoms with Crippen molar-refractivity contribution in [1.29, 1.82) is 0 Å². The van der Waals surface area contributed by atoms with Crippen LogP contribution in [0.5, 0.6) is 0 Å². The molecule has 0 amide bonds. The van der Waals surface area contributed by atoms with E-state index >= 15 is 0 Å². The molecule has 0 radical (unpaired) electrons. The van der Waals surface area contributed by atoms with Gasteiger partial charge in [-0.3, -0.25) is 0 Å². The summed E-state index contributed by atoms with van der Waals surface area (Å²) < 4.78 is 0. The SMILES string of the molecule is CC1(C)CN2CC(C)(C)[N-]C2[N-]1.CC1(C)CN2CC(C)(C)[N-]C2[N-]1.[Ca+2]. The summed E-state index contributed by atoms with van der Waals surface area (Å²) in [5.74, 6) is 0. The average molecular weight is 375 g/mol. The Kier molecular flexibility index (Phi) is 6.36. The third-order valence-electron chi connectivity index (χ3n) is 4.87. The minimum Gasteiger partial charge on any atom is -0.659 e. The maximum Gasteiger partial charge on any atom is 2.00 e. The Bertz CT molecular complexity index is 370. The van der Waals surface area contributed by atoms with Crippen molar-refractivity contribution >= 4 is 37.7 Å². The molecule has 0 aliphatic carbocycles. The fourth-order valence-electron chi connectivity index (χ4n) is 4.22. The molecule has 4 aliphatic rings. The van der Waals surface area contributed by atoms with E-state index in [1.165, 1.54) is 0 Å². The Morgan fingerprint density at radius 1 is 0.520 bits per heavy atom. The van der Waals surface area contributed by atoms with Gasteiger partial charge in [-0.05, 0) is 26.2 Å². The van der Waals surface area contributed by atoms with Gasteiger partial charge in [0.2, 0.25) is 0 Å². The second-order valence-electron chi connectivity index (χ2n) is 10.3. The summed E-state index contributed by atoms with van der Waals surface area (Å²) in [5.41, 5.74) is 0.463. The van der Waals surface area contributed by atoms with Crippen LogP contribution in [0.1, 0.15) is 55.4 Å². The van der Waals surface area contributed by atoms with E-state index in [0.717, 1.165) is 26.2 Å². The van der Waals surface area contributed by atoms with Crippen LogP contribution in [-0.2, 0) is 0 Å². The second kappa shape index (κ2) is 7.12. The summed E-state index contributed by atoms with van der Waals surface area (Å²) in [6, 6.07) is 0. The van der Waals surface area contributed by atoms with Gasteiger partial charge >= 0.3 is 37.7 Å². The van der Waals surface area contributed by atoms with E-state index in [4.69, 9.17) is 0 Å². The molecule has 6 nitrogen and oxygen atoms in total. The second-order valence-corrected chi connectivity index (χ2v) is 10.3. The average Bonchev–Trinajstić information content (AvgIpc) is 2.89. The van der Waals surface area contributed by atoms with Crippen LogP contribution in [0.3, 0.4) is 0 Å². The zero-order valence-corrected chi connectivity index (χ0v) is 19.6. The molecule has 7 heteroatoms. The molecule has 0 spiro atoms. The molecule has 0 saturated carbocycles. The van der Waals surface area contributed by atoms with E-state index in [2.05, 4.69) is 86.5 Å². The molecular weight excluding hydrogens is 340 g/mol. The predicted molar refractivity (Wildman–Crippen MR) is 106 cm³/mol. The Balaban J connectivity index is 0.000000173. The first kappa shape index (κ1) is 22.3. The zero-order chi connectivity index (χ0) is 18.0. The molecule has 0 atom stereocenters. The van der Waals surface area contributed by atoms with Crippen LogP contribution in [0, 0.1) is 0 Å². The maximum absolute atomic E-state index is 4.64. The molecule has 4 aliphatic heterocycles. The van der Waals surface area contributed by atoms with Crippen molar-refractivity contribution in [1.82, 2.24) is 9.80 Å². The number of rotatable bonds is 0. The Morgan fingerprint density at radius 3 is 0.880 bits per heavy atom. The van der Waals surface area contributed by atoms with E-state index in [-0.39, 0.29) is 72.5 Å². The molecular formula is C18H34CaN6-2. The minimum absolute atomic E-state index is 0. The minimum atomic E-state index is 0. The van der Waals surface area contributed by atoms with E-state index < -0.39 is 0 Å². The molecule has 0 aromatic carbocycles. The van der Waals surface area contributed by atoms with Crippen LogP contribution in [0.2, 0.25) is 0 Å². The van der Waals surface area contributed by atoms with Crippen molar-refractivity contribution in [3.05, 3.63) is 21.3 Å². The molecule has 4 rings (SSSR count). The number of nitrogens with zero attached hydrogens (tertiary/aromatic N) is 6. The van der Waals surface area contributed by atoms with Crippen molar-refractivity contribution < 1.29 is 0 Å². The first-order valence-corrected chi connectivity index (χ1v) is 9.12. The van der Waals surface area contributed by atoms with Gasteiger partial charge in [0.25, 0.3) is 0 Å². The van der Waals surface area contributed by atoms with Gasteiger partial charge in [0.15, 0.2) is 0 Å². The summed E-state index contributed by atoms with van der Waals surface area (Å²) in [5, 5.41) is 18.5. The van der Waals surface area contributed by atoms with Crippen molar-refractivity contribution in [3.8, 4) is 0 Å². The van der Waals surface area contributed by atoms with Crippen molar-refractivity contribution in [2.45, 2.75) is 90.1 Å². The van der Waals surface area contributed by atoms with Gasteiger partial charge in [0.1, 0.15) is 0 Å². The van der Waals surface area contributed by atoms with Gasteiger partial charge < -0.3 is 31.1 Å². The van der Waals surface area contributed by atoms with Gasteiger partial charge in [-0.25, -0.2) is 0 Å². The third kappa shape index (κ3) is 5.52. The molecule has 25 heavy (non-hydrogen) atoms. The van der Waals surface area contributed by atoms with Crippen LogP contribution >= 0.6 is 0 Å². The van der Waals surface area contributed by atoms with Gasteiger partial charge in [-0.15, -0.1) is 22.2 Å². The number of hydrogen-bond acceptors (Lipinski definition) is 2. The first-order valence-electron chi connectivity index (χ1n) is 9.12. The third-order valence-corrected chi connectivity index (χ3v) is 4.87. The molecule has 0 unspecified atom stereocenters. The molecule has 0 N–H and O–H groups in total. The van der Waals surface area contributed by atoms with Crippen LogP contribution in [0.4, 0.5) is 0 Å². The molecule has 4 heterocycles. The molecule has 0 bridgehead atoms. The fourth-order valence-corrected chi connectivity index (χ4v) is 4.22. The summed E-state index contributed by atoms with van der Waals surface area (Å²) in [6.45, 7) is 21.6. The van der Waals surface area contributed by atoms with Gasteiger partial charge in [0, 0.05) is 0 Å². The smallest absolute Gasteiger partial charge is 0.659 e. The van der Waals surface area contributed by atoms with E-state index in [1.807, 2.05) is 0 Å². The van der Waals surface area contributed by atoms with Gasteiger partial charge in [-0.2, -0.15) is 12.6 Å². The topological polar surface area (TPSA) is 62.9 Å². The van der Waals surface area contributed by atoms with Crippen LogP contribution < -0.4 is 0 Å². The summed E-state index contributed by atoms with van der Waals surface area (Å²) in [4.78, 5) is 4.72. The van der Waals surface area contributed by atoms with E-state index in [1.54, 1.807) is 0 Å². The van der Waals surface area contributed by atoms with Crippen LogP contribution in [0.25, 0.3) is 21.3 Å². The number of fused-ring (bicyclic) bond motifs is 2. The van der Waals surface area contributed by atoms with Gasteiger partial charge in [0.05, 0.1) is 0 Å². The molecule has 140 valence electrons. The molecule has 4 fully saturated rings. The molecule has 0 aromatic rings. The normalized spacial score (nSPS) is 32.6. The standard InChI is InChI=1S/2C9H17N3.Ca/c2*1-8(2)5-12-6-9(3,4)11-7(12)10-8;/h2*7H,5-6H2,1-4H3;/q2*-2;+2. The maximum atomic E-state index is 4.64. The quantitative estimate of drug-likeness (QED) is 0.610. The number of hydrogen-bond donors (Lipinski definition) is 0. The van der Waals surface area contributed by atoms with Crippen molar-refractivity contribution in [2.75, 3.05) is 26.2 Å². The zero-order valence-electron chi connectivity index (χ0n) is 17.4. The molecule has 0 aromatic heterocycles. The van der Waals surface area contributed by atoms with E-state index in [9.17, 15) is 0 Å². The summed E-state index contributed by atoms with van der Waals surface area (Å²) >= 11 is 0. The van der Waals surface area contributed by atoms with E-state index in [0.29, 0.717) is 0 Å². The van der Waals surface area contributed by atoms with Gasteiger partial charge in [-0.1, -0.05) is 55.4 Å². The molecule has 4 saturated heterocycles. The van der Waals surface area contributed by atoms with Crippen LogP contribution in [-0.4, -0.2) is 108 Å². The monoisotopic (exact) mass is 374 g/mol.